The molecule has 92 valence electrons. The van der Waals surface area contributed by atoms with Gasteiger partial charge in [-0.2, -0.15) is 0 Å². The van der Waals surface area contributed by atoms with Crippen molar-refractivity contribution in [2.75, 3.05) is 13.1 Å². The molecule has 0 aromatic carbocycles. The Kier molecular flexibility index (Phi) is 3.59. The predicted molar refractivity (Wildman–Crippen MR) is 60.3 cm³/mol. The van der Waals surface area contributed by atoms with Crippen LogP contribution in [-0.4, -0.2) is 40.1 Å². The van der Waals surface area contributed by atoms with Crippen LogP contribution in [0.3, 0.4) is 0 Å². The molecule has 1 saturated heterocycles. The molecule has 0 radical (unpaired) electrons. The molecule has 0 aliphatic carbocycles. The molecule has 1 atom stereocenters. The number of pyridine rings is 1. The normalized spacial score (nSPS) is 20.4. The molecule has 1 fully saturated rings. The lowest BCUT2D eigenvalue weighted by atomic mass is 10.1. The topological polar surface area (TPSA) is 53.4 Å². The minimum atomic E-state index is -0.602. The summed E-state index contributed by atoms with van der Waals surface area (Å²) in [4.78, 5) is 17.1. The molecule has 1 aliphatic rings. The van der Waals surface area contributed by atoms with Gasteiger partial charge in [-0.25, -0.2) is 9.37 Å². The molecule has 0 bridgehead atoms. The Morgan fingerprint density at radius 3 is 3.12 bits per heavy atom. The molecule has 0 saturated carbocycles. The largest absolute Gasteiger partial charge is 0.391 e. The minimum absolute atomic E-state index is 0.0172. The maximum absolute atomic E-state index is 13.0. The summed E-state index contributed by atoms with van der Waals surface area (Å²) in [5.74, 6) is -0.990. The van der Waals surface area contributed by atoms with Crippen LogP contribution in [0.25, 0.3) is 0 Å². The van der Waals surface area contributed by atoms with Crippen molar-refractivity contribution < 1.29 is 14.3 Å². The first kappa shape index (κ1) is 12.3. The SMILES string of the molecule is O=C(c1cc(F)cnc1Cl)N1CCC[C@H](O)C1. The Balaban J connectivity index is 2.21. The molecule has 1 aromatic rings. The number of halogens is 2. The van der Waals surface area contributed by atoms with E-state index in [4.69, 9.17) is 11.6 Å². The number of likely N-dealkylation sites (tertiary alicyclic amines) is 1. The molecule has 1 amide bonds. The van der Waals surface area contributed by atoms with Crippen LogP contribution in [0.1, 0.15) is 23.2 Å². The van der Waals surface area contributed by atoms with Gasteiger partial charge in [-0.15, -0.1) is 0 Å². The lowest BCUT2D eigenvalue weighted by molar-refractivity contribution is 0.0473. The van der Waals surface area contributed by atoms with E-state index in [-0.39, 0.29) is 23.2 Å². The zero-order valence-electron chi connectivity index (χ0n) is 9.07. The van der Waals surface area contributed by atoms with Gasteiger partial charge in [0.25, 0.3) is 5.91 Å². The third-order valence-corrected chi connectivity index (χ3v) is 3.02. The molecular formula is C11H12ClFN2O2. The lowest BCUT2D eigenvalue weighted by Gasteiger charge is -2.30. The van der Waals surface area contributed by atoms with Crippen molar-refractivity contribution in [1.82, 2.24) is 9.88 Å². The van der Waals surface area contributed by atoms with Crippen molar-refractivity contribution in [3.63, 3.8) is 0 Å². The second-order valence-corrected chi connectivity index (χ2v) is 4.40. The van der Waals surface area contributed by atoms with Gasteiger partial charge in [0.1, 0.15) is 11.0 Å². The molecular weight excluding hydrogens is 247 g/mol. The van der Waals surface area contributed by atoms with Crippen LogP contribution < -0.4 is 0 Å². The van der Waals surface area contributed by atoms with E-state index < -0.39 is 11.9 Å². The number of amides is 1. The van der Waals surface area contributed by atoms with Gasteiger partial charge in [-0.1, -0.05) is 11.6 Å². The summed E-state index contributed by atoms with van der Waals surface area (Å²) in [6.45, 7) is 0.800. The smallest absolute Gasteiger partial charge is 0.257 e. The Morgan fingerprint density at radius 1 is 1.65 bits per heavy atom. The first-order chi connectivity index (χ1) is 8.08. The van der Waals surface area contributed by atoms with Crippen molar-refractivity contribution in [1.29, 1.82) is 0 Å². The number of carbonyl (C=O) groups excluding carboxylic acids is 1. The molecule has 0 unspecified atom stereocenters. The fourth-order valence-corrected chi connectivity index (χ4v) is 2.07. The zero-order chi connectivity index (χ0) is 12.4. The third-order valence-electron chi connectivity index (χ3n) is 2.72. The molecule has 1 aliphatic heterocycles. The van der Waals surface area contributed by atoms with Gasteiger partial charge in [-0.05, 0) is 18.9 Å². The number of aliphatic hydroxyl groups excluding tert-OH is 1. The van der Waals surface area contributed by atoms with Crippen molar-refractivity contribution in [3.8, 4) is 0 Å². The first-order valence-corrected chi connectivity index (χ1v) is 5.74. The standard InChI is InChI=1S/C11H12ClFN2O2/c12-10-9(4-7(13)5-14-10)11(17)15-3-1-2-8(16)6-15/h4-5,8,16H,1-3,6H2/t8-/m0/s1. The number of hydrogen-bond acceptors (Lipinski definition) is 3. The second kappa shape index (κ2) is 4.98. The monoisotopic (exact) mass is 258 g/mol. The number of aliphatic hydroxyl groups is 1. The van der Waals surface area contributed by atoms with E-state index in [2.05, 4.69) is 4.98 Å². The number of carbonyl (C=O) groups is 1. The quantitative estimate of drug-likeness (QED) is 0.776. The molecule has 2 rings (SSSR count). The van der Waals surface area contributed by atoms with E-state index in [1.807, 2.05) is 0 Å². The molecule has 1 aromatic heterocycles. The summed E-state index contributed by atoms with van der Waals surface area (Å²) >= 11 is 5.76. The summed E-state index contributed by atoms with van der Waals surface area (Å²) in [6.07, 6.45) is 1.85. The highest BCUT2D eigenvalue weighted by molar-refractivity contribution is 6.32. The molecule has 0 spiro atoms. The fraction of sp³-hybridized carbons (Fsp3) is 0.455. The van der Waals surface area contributed by atoms with Gasteiger partial charge >= 0.3 is 0 Å². The minimum Gasteiger partial charge on any atom is -0.391 e. The second-order valence-electron chi connectivity index (χ2n) is 4.04. The van der Waals surface area contributed by atoms with Gasteiger partial charge in [0.2, 0.25) is 0 Å². The van der Waals surface area contributed by atoms with E-state index in [1.165, 1.54) is 4.90 Å². The van der Waals surface area contributed by atoms with Gasteiger partial charge < -0.3 is 10.0 Å². The van der Waals surface area contributed by atoms with E-state index >= 15 is 0 Å². The zero-order valence-corrected chi connectivity index (χ0v) is 9.82. The first-order valence-electron chi connectivity index (χ1n) is 5.36. The fourth-order valence-electron chi connectivity index (χ4n) is 1.88. The van der Waals surface area contributed by atoms with Crippen LogP contribution in [0.4, 0.5) is 4.39 Å². The number of β-amino-alcohol motifs (C(OH)–C–C–N with tert-alkyl or cyclic N) is 1. The van der Waals surface area contributed by atoms with E-state index in [9.17, 15) is 14.3 Å². The summed E-state index contributed by atoms with van der Waals surface area (Å²) in [5, 5.41) is 9.47. The van der Waals surface area contributed by atoms with Crippen LogP contribution in [-0.2, 0) is 0 Å². The Hall–Kier alpha value is -1.20. The maximum Gasteiger partial charge on any atom is 0.257 e. The highest BCUT2D eigenvalue weighted by atomic mass is 35.5. The molecule has 1 N–H and O–H groups in total. The predicted octanol–water partition coefficient (Wildman–Crippen LogP) is 1.47. The van der Waals surface area contributed by atoms with Crippen LogP contribution in [0, 0.1) is 5.82 Å². The van der Waals surface area contributed by atoms with Crippen molar-refractivity contribution >= 4 is 17.5 Å². The number of aromatic nitrogens is 1. The molecule has 4 nitrogen and oxygen atoms in total. The summed E-state index contributed by atoms with van der Waals surface area (Å²) < 4.78 is 13.0. The van der Waals surface area contributed by atoms with Crippen LogP contribution >= 0.6 is 11.6 Å². The van der Waals surface area contributed by atoms with Crippen LogP contribution in [0.15, 0.2) is 12.3 Å². The average Bonchev–Trinajstić information content (AvgIpc) is 2.31. The van der Waals surface area contributed by atoms with Crippen molar-refractivity contribution in [3.05, 3.63) is 28.8 Å². The Bertz CT molecular complexity index is 441. The van der Waals surface area contributed by atoms with Gasteiger partial charge in [0.15, 0.2) is 0 Å². The summed E-state index contributed by atoms with van der Waals surface area (Å²) in [6, 6.07) is 1.07. The van der Waals surface area contributed by atoms with E-state index in [0.29, 0.717) is 13.0 Å². The van der Waals surface area contributed by atoms with Crippen molar-refractivity contribution in [2.24, 2.45) is 0 Å². The van der Waals surface area contributed by atoms with Crippen molar-refractivity contribution in [2.45, 2.75) is 18.9 Å². The highest BCUT2D eigenvalue weighted by Gasteiger charge is 2.25. The van der Waals surface area contributed by atoms with E-state index in [0.717, 1.165) is 18.7 Å². The number of rotatable bonds is 1. The average molecular weight is 259 g/mol. The number of hydrogen-bond donors (Lipinski definition) is 1. The maximum atomic E-state index is 13.0. The van der Waals surface area contributed by atoms with E-state index in [1.54, 1.807) is 0 Å². The summed E-state index contributed by atoms with van der Waals surface area (Å²) in [7, 11) is 0. The third kappa shape index (κ3) is 2.73. The Morgan fingerprint density at radius 2 is 2.41 bits per heavy atom. The van der Waals surface area contributed by atoms with Gasteiger partial charge in [0, 0.05) is 13.1 Å². The van der Waals surface area contributed by atoms with Gasteiger partial charge in [-0.3, -0.25) is 4.79 Å². The molecule has 17 heavy (non-hydrogen) atoms. The number of nitrogens with zero attached hydrogens (tertiary/aromatic N) is 2. The Labute approximate surface area is 103 Å². The lowest BCUT2D eigenvalue weighted by Crippen LogP contribution is -2.42. The molecule has 6 heteroatoms. The van der Waals surface area contributed by atoms with Crippen LogP contribution in [0.2, 0.25) is 5.15 Å². The number of piperidine rings is 1. The molecule has 2 heterocycles. The van der Waals surface area contributed by atoms with Gasteiger partial charge in [0.05, 0.1) is 17.9 Å². The highest BCUT2D eigenvalue weighted by Crippen LogP contribution is 2.19. The van der Waals surface area contributed by atoms with Crippen LogP contribution in [0.5, 0.6) is 0 Å². The summed E-state index contributed by atoms with van der Waals surface area (Å²) in [5.41, 5.74) is 0.0424.